The van der Waals surface area contributed by atoms with Crippen molar-refractivity contribution in [3.05, 3.63) is 109 Å². The molecular weight excluding hydrogens is 404 g/mol. The molecule has 4 nitrogen and oxygen atoms in total. The highest BCUT2D eigenvalue weighted by atomic mass is 15.3. The maximum absolute atomic E-state index is 5.13. The molecule has 7 rings (SSSR count). The number of para-hydroxylation sites is 2. The van der Waals surface area contributed by atoms with Gasteiger partial charge in [0.05, 0.1) is 22.6 Å². The van der Waals surface area contributed by atoms with E-state index in [9.17, 15) is 0 Å². The summed E-state index contributed by atoms with van der Waals surface area (Å²) in [6, 6.07) is 33.5. The van der Waals surface area contributed by atoms with E-state index in [4.69, 9.17) is 9.97 Å². The Bertz CT molecular complexity index is 1670. The van der Waals surface area contributed by atoms with Gasteiger partial charge >= 0.3 is 0 Å². The van der Waals surface area contributed by atoms with E-state index in [1.165, 1.54) is 21.9 Å². The highest BCUT2D eigenvalue weighted by Gasteiger charge is 2.27. The molecule has 0 unspecified atom stereocenters. The summed E-state index contributed by atoms with van der Waals surface area (Å²) in [7, 11) is 0. The van der Waals surface area contributed by atoms with E-state index in [1.54, 1.807) is 6.20 Å². The molecule has 0 aliphatic carbocycles. The quantitative estimate of drug-likeness (QED) is 0.293. The first kappa shape index (κ1) is 18.0. The zero-order chi connectivity index (χ0) is 21.8. The fourth-order valence-electron chi connectivity index (χ4n) is 4.86. The molecule has 0 spiro atoms. The van der Waals surface area contributed by atoms with Crippen LogP contribution in [0.25, 0.3) is 44.1 Å². The summed E-state index contributed by atoms with van der Waals surface area (Å²) in [4.78, 5) is 16.7. The molecule has 6 aromatic rings. The Morgan fingerprint density at radius 2 is 1.39 bits per heavy atom. The van der Waals surface area contributed by atoms with Crippen LogP contribution in [-0.4, -0.2) is 15.0 Å². The third kappa shape index (κ3) is 2.68. The lowest BCUT2D eigenvalue weighted by atomic mass is 9.91. The zero-order valence-corrected chi connectivity index (χ0v) is 17.7. The van der Waals surface area contributed by atoms with Crippen LogP contribution in [0.2, 0.25) is 0 Å². The number of nitrogens with zero attached hydrogens (tertiary/aromatic N) is 4. The highest BCUT2D eigenvalue weighted by Crippen LogP contribution is 2.50. The maximum atomic E-state index is 5.13. The lowest BCUT2D eigenvalue weighted by Crippen LogP contribution is -2.18. The Morgan fingerprint density at radius 1 is 0.606 bits per heavy atom. The smallest absolute Gasteiger partial charge is 0.235 e. The second-order valence-electron chi connectivity index (χ2n) is 8.16. The number of anilines is 3. The monoisotopic (exact) mass is 422 g/mol. The first-order chi connectivity index (χ1) is 16.4. The zero-order valence-electron chi connectivity index (χ0n) is 17.7. The molecule has 1 aliphatic heterocycles. The van der Waals surface area contributed by atoms with E-state index in [0.29, 0.717) is 5.95 Å². The lowest BCUT2D eigenvalue weighted by Gasteiger charge is -2.32. The van der Waals surface area contributed by atoms with E-state index in [0.717, 1.165) is 33.5 Å². The number of hydrogen-bond acceptors (Lipinski definition) is 4. The van der Waals surface area contributed by atoms with Crippen LogP contribution >= 0.6 is 0 Å². The number of pyridine rings is 1. The van der Waals surface area contributed by atoms with Crippen molar-refractivity contribution in [3.63, 3.8) is 0 Å². The van der Waals surface area contributed by atoms with Crippen molar-refractivity contribution in [1.82, 2.24) is 15.0 Å². The average Bonchev–Trinajstić information content (AvgIpc) is 2.89. The Kier molecular flexibility index (Phi) is 3.81. The summed E-state index contributed by atoms with van der Waals surface area (Å²) in [5, 5.41) is 3.44. The molecule has 0 N–H and O–H groups in total. The van der Waals surface area contributed by atoms with Crippen molar-refractivity contribution in [1.29, 1.82) is 0 Å². The van der Waals surface area contributed by atoms with Crippen LogP contribution in [-0.2, 0) is 0 Å². The molecule has 0 atom stereocenters. The highest BCUT2D eigenvalue weighted by molar-refractivity contribution is 6.13. The predicted octanol–water partition coefficient (Wildman–Crippen LogP) is 7.30. The topological polar surface area (TPSA) is 41.9 Å². The van der Waals surface area contributed by atoms with Gasteiger partial charge in [-0.05, 0) is 41.3 Å². The number of aromatic nitrogens is 3. The molecule has 4 heteroatoms. The molecule has 0 amide bonds. The Hall–Kier alpha value is -4.57. The molecule has 0 radical (unpaired) electrons. The molecule has 2 aromatic heterocycles. The normalized spacial score (nSPS) is 12.2. The summed E-state index contributed by atoms with van der Waals surface area (Å²) >= 11 is 0. The minimum absolute atomic E-state index is 0.655. The van der Waals surface area contributed by atoms with E-state index in [-0.39, 0.29) is 0 Å². The molecule has 1 aliphatic rings. The minimum Gasteiger partial charge on any atom is -0.278 e. The fourth-order valence-corrected chi connectivity index (χ4v) is 4.86. The second-order valence-corrected chi connectivity index (χ2v) is 8.16. The molecule has 0 fully saturated rings. The number of hydrogen-bond donors (Lipinski definition) is 0. The fraction of sp³-hybridized carbons (Fsp3) is 0. The predicted molar refractivity (Wildman–Crippen MR) is 134 cm³/mol. The van der Waals surface area contributed by atoms with Crippen molar-refractivity contribution in [2.24, 2.45) is 0 Å². The Balaban J connectivity index is 1.58. The third-order valence-corrected chi connectivity index (χ3v) is 6.29. The standard InChI is InChI=1S/C29H18N4/c1-3-14-24-23(12-1)28(20-10-7-17-30-18-20)32-29(31-24)33-25-15-4-2-11-21(25)22-13-5-8-19-9-6-16-26(33)27(19)22/h1-18H. The number of benzene rings is 4. The Morgan fingerprint density at radius 3 is 2.30 bits per heavy atom. The Labute approximate surface area is 190 Å². The van der Waals surface area contributed by atoms with Crippen molar-refractivity contribution in [2.45, 2.75) is 0 Å². The van der Waals surface area contributed by atoms with Crippen LogP contribution in [0, 0.1) is 0 Å². The summed E-state index contributed by atoms with van der Waals surface area (Å²) in [6.07, 6.45) is 3.64. The van der Waals surface area contributed by atoms with Crippen molar-refractivity contribution >= 4 is 39.0 Å². The van der Waals surface area contributed by atoms with Crippen molar-refractivity contribution in [2.75, 3.05) is 4.90 Å². The molecule has 0 bridgehead atoms. The van der Waals surface area contributed by atoms with Gasteiger partial charge in [0.2, 0.25) is 5.95 Å². The summed E-state index contributed by atoms with van der Waals surface area (Å²) in [6.45, 7) is 0. The van der Waals surface area contributed by atoms with Gasteiger partial charge in [0.1, 0.15) is 0 Å². The van der Waals surface area contributed by atoms with Gasteiger partial charge in [-0.1, -0.05) is 66.7 Å². The van der Waals surface area contributed by atoms with Crippen LogP contribution in [0.3, 0.4) is 0 Å². The molecule has 4 aromatic carbocycles. The van der Waals surface area contributed by atoms with Gasteiger partial charge in [0, 0.05) is 34.3 Å². The van der Waals surface area contributed by atoms with Gasteiger partial charge in [-0.15, -0.1) is 0 Å². The van der Waals surface area contributed by atoms with Crippen molar-refractivity contribution < 1.29 is 0 Å². The van der Waals surface area contributed by atoms with Crippen LogP contribution in [0.4, 0.5) is 17.3 Å². The van der Waals surface area contributed by atoms with E-state index in [2.05, 4.69) is 76.6 Å². The first-order valence-electron chi connectivity index (χ1n) is 11.0. The van der Waals surface area contributed by atoms with Crippen molar-refractivity contribution in [3.8, 4) is 22.4 Å². The van der Waals surface area contributed by atoms with Crippen LogP contribution in [0.15, 0.2) is 109 Å². The SMILES string of the molecule is c1cncc(-c2nc(N3c4ccccc4-c4cccc5cccc3c45)nc3ccccc23)c1. The molecular formula is C29H18N4. The van der Waals surface area contributed by atoms with Gasteiger partial charge in [0.15, 0.2) is 0 Å². The van der Waals surface area contributed by atoms with E-state index < -0.39 is 0 Å². The van der Waals surface area contributed by atoms with Gasteiger partial charge < -0.3 is 0 Å². The lowest BCUT2D eigenvalue weighted by molar-refractivity contribution is 1.11. The van der Waals surface area contributed by atoms with Gasteiger partial charge in [-0.25, -0.2) is 9.97 Å². The molecule has 0 saturated heterocycles. The van der Waals surface area contributed by atoms with Gasteiger partial charge in [-0.3, -0.25) is 9.88 Å². The minimum atomic E-state index is 0.655. The largest absolute Gasteiger partial charge is 0.278 e. The van der Waals surface area contributed by atoms with Gasteiger partial charge in [0.25, 0.3) is 0 Å². The molecule has 154 valence electrons. The number of rotatable bonds is 2. The molecule has 3 heterocycles. The summed E-state index contributed by atoms with van der Waals surface area (Å²) in [5.41, 5.74) is 7.35. The molecule has 0 saturated carbocycles. The van der Waals surface area contributed by atoms with Crippen LogP contribution < -0.4 is 4.90 Å². The van der Waals surface area contributed by atoms with E-state index in [1.807, 2.05) is 36.5 Å². The van der Waals surface area contributed by atoms with Crippen LogP contribution in [0.1, 0.15) is 0 Å². The third-order valence-electron chi connectivity index (χ3n) is 6.29. The second kappa shape index (κ2) is 6.97. The first-order valence-corrected chi connectivity index (χ1v) is 11.0. The summed E-state index contributed by atoms with van der Waals surface area (Å²) < 4.78 is 0. The maximum Gasteiger partial charge on any atom is 0.235 e. The average molecular weight is 422 g/mol. The summed E-state index contributed by atoms with van der Waals surface area (Å²) in [5.74, 6) is 0.655. The van der Waals surface area contributed by atoms with E-state index >= 15 is 0 Å². The van der Waals surface area contributed by atoms with Crippen LogP contribution in [0.5, 0.6) is 0 Å². The number of fused-ring (bicyclic) bond motifs is 3. The molecule has 33 heavy (non-hydrogen) atoms. The van der Waals surface area contributed by atoms with Gasteiger partial charge in [-0.2, -0.15) is 0 Å².